The first kappa shape index (κ1) is 35.3. The molecule has 12 aromatic rings. The zero-order chi connectivity index (χ0) is 38.2. The van der Waals surface area contributed by atoms with E-state index in [1.165, 1.54) is 94.7 Å². The third-order valence-electron chi connectivity index (χ3n) is 11.8. The monoisotopic (exact) mass is 792 g/mol. The van der Waals surface area contributed by atoms with E-state index in [1.807, 2.05) is 11.3 Å². The van der Waals surface area contributed by atoms with Crippen LogP contribution in [0.5, 0.6) is 0 Å². The summed E-state index contributed by atoms with van der Waals surface area (Å²) in [5.74, 6) is 0. The summed E-state index contributed by atoms with van der Waals surface area (Å²) in [7, 11) is -2.02. The topological polar surface area (TPSA) is 9.86 Å². The van der Waals surface area contributed by atoms with Gasteiger partial charge < -0.3 is 9.13 Å². The van der Waals surface area contributed by atoms with Crippen LogP contribution in [0, 0.1) is 0 Å². The third-order valence-corrected chi connectivity index (χ3v) is 17.1. The van der Waals surface area contributed by atoms with E-state index in [2.05, 4.69) is 228 Å². The van der Waals surface area contributed by atoms with Crippen LogP contribution in [0.15, 0.2) is 238 Å². The van der Waals surface area contributed by atoms with Gasteiger partial charge in [-0.25, -0.2) is 0 Å². The van der Waals surface area contributed by atoms with Gasteiger partial charge in [-0.3, -0.25) is 0 Å². The molecule has 0 atom stereocenters. The first-order valence-electron chi connectivity index (χ1n) is 19.8. The van der Waals surface area contributed by atoms with E-state index in [-0.39, 0.29) is 7.43 Å². The molecule has 0 N–H and O–H groups in total. The van der Waals surface area contributed by atoms with Crippen LogP contribution in [0.4, 0.5) is 0 Å². The Kier molecular flexibility index (Phi) is 8.33. The largest absolute Gasteiger partial charge is 0.309 e. The number of aromatic nitrogens is 2. The lowest BCUT2D eigenvalue weighted by molar-refractivity contribution is 1.17. The summed E-state index contributed by atoms with van der Waals surface area (Å²) >= 11 is 1.93. The summed E-state index contributed by atoms with van der Waals surface area (Å²) in [5, 5.41) is 7.60. The van der Waals surface area contributed by atoms with E-state index in [1.54, 1.807) is 0 Å². The summed E-state index contributed by atoms with van der Waals surface area (Å²) in [6.07, 6.45) is 0. The predicted molar refractivity (Wildman–Crippen MR) is 255 cm³/mol. The molecule has 0 spiro atoms. The van der Waals surface area contributed by atoms with E-state index >= 15 is 0 Å². The zero-order valence-corrected chi connectivity index (χ0v) is 33.1. The Hall–Kier alpha value is -6.85. The quantitative estimate of drug-likeness (QED) is 0.159. The Labute approximate surface area is 349 Å². The number of thiophene rings is 1. The van der Waals surface area contributed by atoms with Crippen molar-refractivity contribution < 1.29 is 0 Å². The van der Waals surface area contributed by atoms with Crippen molar-refractivity contribution in [2.75, 3.05) is 0 Å². The van der Waals surface area contributed by atoms with Crippen LogP contribution in [0.25, 0.3) is 75.2 Å². The van der Waals surface area contributed by atoms with Crippen molar-refractivity contribution in [3.05, 3.63) is 218 Å². The lowest BCUT2D eigenvalue weighted by Crippen LogP contribution is -2.06. The highest BCUT2D eigenvalue weighted by Gasteiger charge is 2.36. The first-order valence-corrected chi connectivity index (χ1v) is 22.2. The highest BCUT2D eigenvalue weighted by molar-refractivity contribution is 8.34. The number of hydrogen-bond donors (Lipinski definition) is 0. The van der Waals surface area contributed by atoms with Gasteiger partial charge in [0.2, 0.25) is 0 Å². The molecule has 282 valence electrons. The fourth-order valence-corrected chi connectivity index (χ4v) is 14.9. The Bertz CT molecular complexity index is 3300. The van der Waals surface area contributed by atoms with Crippen molar-refractivity contribution in [3.63, 3.8) is 0 Å². The highest BCUT2D eigenvalue weighted by Crippen LogP contribution is 2.75. The van der Waals surface area contributed by atoms with Crippen molar-refractivity contribution in [1.82, 2.24) is 9.13 Å². The van der Waals surface area contributed by atoms with Crippen LogP contribution in [0.1, 0.15) is 7.43 Å². The summed E-state index contributed by atoms with van der Waals surface area (Å²) < 4.78 is 7.55. The number of para-hydroxylation sites is 4. The van der Waals surface area contributed by atoms with Gasteiger partial charge in [-0.1, -0.05) is 135 Å². The molecule has 0 bridgehead atoms. The van der Waals surface area contributed by atoms with Gasteiger partial charge in [0.05, 0.1) is 22.1 Å². The molecule has 2 nitrogen and oxygen atoms in total. The molecule has 4 heteroatoms. The van der Waals surface area contributed by atoms with Crippen LogP contribution in [-0.2, 0) is 0 Å². The third kappa shape index (κ3) is 5.20. The van der Waals surface area contributed by atoms with Gasteiger partial charge in [0.15, 0.2) is 0 Å². The zero-order valence-electron chi connectivity index (χ0n) is 31.5. The number of hydrogen-bond acceptors (Lipinski definition) is 1. The number of rotatable bonds is 6. The highest BCUT2D eigenvalue weighted by atomic mass is 32.3. The summed E-state index contributed by atoms with van der Waals surface area (Å²) in [6.45, 7) is 0. The van der Waals surface area contributed by atoms with Gasteiger partial charge >= 0.3 is 0 Å². The van der Waals surface area contributed by atoms with E-state index in [4.69, 9.17) is 0 Å². The van der Waals surface area contributed by atoms with E-state index in [0.29, 0.717) is 0 Å². The fraction of sp³-hybridized carbons (Fsp3) is 0.0182. The van der Waals surface area contributed by atoms with Gasteiger partial charge in [-0.2, -0.15) is 0 Å². The molecule has 12 rings (SSSR count). The van der Waals surface area contributed by atoms with Crippen LogP contribution in [0.2, 0.25) is 0 Å². The minimum atomic E-state index is -2.02. The molecule has 3 aromatic heterocycles. The molecule has 0 aliphatic heterocycles. The predicted octanol–water partition coefficient (Wildman–Crippen LogP) is 16.2. The van der Waals surface area contributed by atoms with Crippen LogP contribution >= 0.6 is 21.4 Å². The second kappa shape index (κ2) is 13.9. The minimum Gasteiger partial charge on any atom is -0.309 e. The molecule has 0 aliphatic carbocycles. The second-order valence-electron chi connectivity index (χ2n) is 14.9. The SMILES string of the molecule is C.c1ccc(S(c2ccccc2)(c2ccccc2)c2cc(-n3c4ccccc4c4ccccc43)cc3c2sc2ccc(-n4c5ccccc5c5ccccc54)cc23)cc1. The van der Waals surface area contributed by atoms with E-state index in [0.717, 1.165) is 0 Å². The Morgan fingerprint density at radius 1 is 0.322 bits per heavy atom. The molecule has 0 radical (unpaired) electrons. The van der Waals surface area contributed by atoms with Gasteiger partial charge in [0, 0.05) is 72.7 Å². The standard InChI is InChI=1S/C54H36N2S2.CH4/c1-4-18-39(19-5-1)58(40-20-6-2-7-21-40,41-22-8-3-9-23-41)53-36-38(56-50-30-16-12-26-44(50)45-27-13-17-31-51(45)56)35-47-46-34-37(32-33-52(46)57-54(47)53)55-48-28-14-10-24-42(48)43-25-11-15-29-49(43)55;/h1-36H;1H4. The van der Waals surface area contributed by atoms with Gasteiger partial charge in [-0.05, 0) is 91.0 Å². The van der Waals surface area contributed by atoms with Crippen molar-refractivity contribution in [2.24, 2.45) is 0 Å². The minimum absolute atomic E-state index is 0. The smallest absolute Gasteiger partial charge is 0.0541 e. The molecule has 0 aliphatic rings. The first-order chi connectivity index (χ1) is 28.8. The molecular weight excluding hydrogens is 753 g/mol. The fourth-order valence-electron chi connectivity index (χ4n) is 9.38. The van der Waals surface area contributed by atoms with Gasteiger partial charge in [0.25, 0.3) is 0 Å². The van der Waals surface area contributed by atoms with Crippen LogP contribution < -0.4 is 0 Å². The lowest BCUT2D eigenvalue weighted by atomic mass is 10.1. The Balaban J connectivity index is 0.00000397. The normalized spacial score (nSPS) is 12.2. The maximum Gasteiger partial charge on any atom is 0.0541 e. The van der Waals surface area contributed by atoms with Crippen molar-refractivity contribution in [2.45, 2.75) is 27.0 Å². The average molecular weight is 793 g/mol. The Morgan fingerprint density at radius 3 is 1.14 bits per heavy atom. The summed E-state index contributed by atoms with van der Waals surface area (Å²) in [4.78, 5) is 5.30. The van der Waals surface area contributed by atoms with E-state index in [9.17, 15) is 0 Å². The van der Waals surface area contributed by atoms with Crippen LogP contribution in [0.3, 0.4) is 0 Å². The summed E-state index contributed by atoms with van der Waals surface area (Å²) in [5.41, 5.74) is 7.19. The molecular formula is C55H40N2S2. The van der Waals surface area contributed by atoms with Crippen molar-refractivity contribution in [3.8, 4) is 11.4 Å². The number of fused-ring (bicyclic) bond motifs is 9. The lowest BCUT2D eigenvalue weighted by Gasteiger charge is -2.42. The maximum atomic E-state index is 2.53. The maximum absolute atomic E-state index is 2.53. The number of nitrogens with zero attached hydrogens (tertiary/aromatic N) is 2. The molecule has 0 fully saturated rings. The second-order valence-corrected chi connectivity index (χ2v) is 19.0. The number of benzene rings is 9. The van der Waals surface area contributed by atoms with E-state index < -0.39 is 10.0 Å². The molecule has 0 amide bonds. The molecule has 9 aromatic carbocycles. The van der Waals surface area contributed by atoms with Crippen LogP contribution in [-0.4, -0.2) is 9.13 Å². The molecule has 0 saturated heterocycles. The van der Waals surface area contributed by atoms with Gasteiger partial charge in [-0.15, -0.1) is 21.4 Å². The molecule has 59 heavy (non-hydrogen) atoms. The molecule has 0 unspecified atom stereocenters. The van der Waals surface area contributed by atoms with Crippen molar-refractivity contribution in [1.29, 1.82) is 0 Å². The average Bonchev–Trinajstić information content (AvgIpc) is 3.95. The van der Waals surface area contributed by atoms with Gasteiger partial charge in [0.1, 0.15) is 0 Å². The Morgan fingerprint density at radius 2 is 0.695 bits per heavy atom. The molecule has 0 saturated carbocycles. The summed E-state index contributed by atoms with van der Waals surface area (Å²) in [6, 6.07) is 81.2. The van der Waals surface area contributed by atoms with Crippen molar-refractivity contribution >= 4 is 85.1 Å². The molecule has 3 heterocycles.